The van der Waals surface area contributed by atoms with E-state index in [1.165, 1.54) is 11.3 Å². The van der Waals surface area contributed by atoms with Crippen LogP contribution in [0.15, 0.2) is 36.4 Å². The van der Waals surface area contributed by atoms with Gasteiger partial charge in [-0.2, -0.15) is 5.10 Å². The minimum Gasteiger partial charge on any atom is -0.341 e. The van der Waals surface area contributed by atoms with Gasteiger partial charge in [0.1, 0.15) is 0 Å². The Hall–Kier alpha value is -2.44. The van der Waals surface area contributed by atoms with Crippen molar-refractivity contribution in [1.82, 2.24) is 14.7 Å². The van der Waals surface area contributed by atoms with E-state index in [0.717, 1.165) is 28.2 Å². The lowest BCUT2D eigenvalue weighted by Crippen LogP contribution is -2.27. The predicted octanol–water partition coefficient (Wildman–Crippen LogP) is 5.13. The fourth-order valence-electron chi connectivity index (χ4n) is 3.26. The molecule has 0 spiro atoms. The number of hydrogen-bond donors (Lipinski definition) is 0. The van der Waals surface area contributed by atoms with Crippen LogP contribution in [-0.4, -0.2) is 33.4 Å². The second-order valence-corrected chi connectivity index (χ2v) is 8.84. The van der Waals surface area contributed by atoms with Gasteiger partial charge in [0.05, 0.1) is 20.6 Å². The lowest BCUT2D eigenvalue weighted by molar-refractivity contribution is -0.130. The Morgan fingerprint density at radius 2 is 1.83 bits per heavy atom. The molecule has 0 aliphatic rings. The topological polar surface area (TPSA) is 55.2 Å². The van der Waals surface area contributed by atoms with Crippen molar-refractivity contribution < 1.29 is 9.59 Å². The number of halogens is 1. The SMILES string of the molecule is Cc1ccccc1-n1nc(C)c(CN(C)C(=O)CCC(=O)c2ccc(Cl)s2)c1C. The van der Waals surface area contributed by atoms with Gasteiger partial charge in [-0.05, 0) is 44.5 Å². The number of aryl methyl sites for hydroxylation is 2. The summed E-state index contributed by atoms with van der Waals surface area (Å²) in [4.78, 5) is 27.0. The highest BCUT2D eigenvalue weighted by atomic mass is 35.5. The molecule has 1 amide bonds. The average Bonchev–Trinajstić information content (AvgIpc) is 3.24. The van der Waals surface area contributed by atoms with Crippen LogP contribution in [0.3, 0.4) is 0 Å². The molecular formula is C22H24ClN3O2S. The fraction of sp³-hybridized carbons (Fsp3) is 0.318. The van der Waals surface area contributed by atoms with Gasteiger partial charge in [-0.3, -0.25) is 9.59 Å². The maximum absolute atomic E-state index is 12.6. The van der Waals surface area contributed by atoms with E-state index in [1.807, 2.05) is 36.7 Å². The zero-order chi connectivity index (χ0) is 21.1. The lowest BCUT2D eigenvalue weighted by Gasteiger charge is -2.17. The Labute approximate surface area is 179 Å². The van der Waals surface area contributed by atoms with Crippen molar-refractivity contribution in [3.63, 3.8) is 0 Å². The highest BCUT2D eigenvalue weighted by molar-refractivity contribution is 7.18. The van der Waals surface area contributed by atoms with Crippen molar-refractivity contribution in [3.05, 3.63) is 68.1 Å². The second kappa shape index (κ2) is 8.93. The van der Waals surface area contributed by atoms with Crippen LogP contribution in [0, 0.1) is 20.8 Å². The van der Waals surface area contributed by atoms with Crippen LogP contribution in [0.4, 0.5) is 0 Å². The summed E-state index contributed by atoms with van der Waals surface area (Å²) >= 11 is 7.12. The molecule has 0 radical (unpaired) electrons. The van der Waals surface area contributed by atoms with Crippen molar-refractivity contribution in [3.8, 4) is 5.69 Å². The molecule has 0 bridgehead atoms. The molecule has 2 aromatic heterocycles. The van der Waals surface area contributed by atoms with Crippen molar-refractivity contribution in [2.45, 2.75) is 40.2 Å². The predicted molar refractivity (Wildman–Crippen MR) is 117 cm³/mol. The number of para-hydroxylation sites is 1. The summed E-state index contributed by atoms with van der Waals surface area (Å²) in [6, 6.07) is 11.5. The number of ketones is 1. The number of Topliss-reactive ketones (excluding diaryl/α,β-unsaturated/α-hetero) is 1. The molecule has 0 aliphatic heterocycles. The summed E-state index contributed by atoms with van der Waals surface area (Å²) in [6.45, 7) is 6.49. The Balaban J connectivity index is 1.67. The monoisotopic (exact) mass is 429 g/mol. The van der Waals surface area contributed by atoms with Crippen LogP contribution < -0.4 is 0 Å². The molecule has 0 N–H and O–H groups in total. The van der Waals surface area contributed by atoms with Crippen molar-refractivity contribution in [2.24, 2.45) is 0 Å². The minimum absolute atomic E-state index is 0.0524. The smallest absolute Gasteiger partial charge is 0.223 e. The zero-order valence-corrected chi connectivity index (χ0v) is 18.6. The standard InChI is InChI=1S/C22H24ClN3O2S/c1-14-7-5-6-8-18(14)26-16(3)17(15(2)24-26)13-25(4)22(28)12-9-19(27)20-10-11-21(23)29-20/h5-8,10-11H,9,12-13H2,1-4H3. The van der Waals surface area contributed by atoms with E-state index in [1.54, 1.807) is 24.1 Å². The van der Waals surface area contributed by atoms with E-state index in [0.29, 0.717) is 15.8 Å². The number of benzene rings is 1. The molecule has 0 saturated heterocycles. The lowest BCUT2D eigenvalue weighted by atomic mass is 10.1. The first-order valence-electron chi connectivity index (χ1n) is 9.41. The number of nitrogens with zero attached hydrogens (tertiary/aromatic N) is 3. The van der Waals surface area contributed by atoms with Crippen molar-refractivity contribution >= 4 is 34.6 Å². The highest BCUT2D eigenvalue weighted by Crippen LogP contribution is 2.24. The fourth-order valence-corrected chi connectivity index (χ4v) is 4.27. The molecule has 0 fully saturated rings. The maximum Gasteiger partial charge on any atom is 0.223 e. The number of carbonyl (C=O) groups excluding carboxylic acids is 2. The number of carbonyl (C=O) groups is 2. The van der Waals surface area contributed by atoms with Gasteiger partial charge in [0.2, 0.25) is 5.91 Å². The molecule has 0 unspecified atom stereocenters. The first-order chi connectivity index (χ1) is 13.8. The van der Waals surface area contributed by atoms with Gasteiger partial charge in [-0.15, -0.1) is 11.3 Å². The van der Waals surface area contributed by atoms with E-state index >= 15 is 0 Å². The number of amides is 1. The van der Waals surface area contributed by atoms with Crippen LogP contribution in [-0.2, 0) is 11.3 Å². The molecular weight excluding hydrogens is 406 g/mol. The number of thiophene rings is 1. The maximum atomic E-state index is 12.6. The van der Waals surface area contributed by atoms with Crippen LogP contribution in [0.2, 0.25) is 4.34 Å². The zero-order valence-electron chi connectivity index (χ0n) is 17.0. The molecule has 0 atom stereocenters. The quantitative estimate of drug-likeness (QED) is 0.489. The van der Waals surface area contributed by atoms with E-state index in [-0.39, 0.29) is 24.5 Å². The molecule has 29 heavy (non-hydrogen) atoms. The Kier molecular flexibility index (Phi) is 6.55. The van der Waals surface area contributed by atoms with Gasteiger partial charge in [-0.25, -0.2) is 4.68 Å². The summed E-state index contributed by atoms with van der Waals surface area (Å²) in [5.41, 5.74) is 5.12. The molecule has 0 aliphatic carbocycles. The third kappa shape index (κ3) is 4.77. The van der Waals surface area contributed by atoms with Gasteiger partial charge in [0.25, 0.3) is 0 Å². The van der Waals surface area contributed by atoms with Crippen molar-refractivity contribution in [2.75, 3.05) is 7.05 Å². The van der Waals surface area contributed by atoms with E-state index in [9.17, 15) is 9.59 Å². The summed E-state index contributed by atoms with van der Waals surface area (Å²) in [6.07, 6.45) is 0.356. The molecule has 1 aromatic carbocycles. The first-order valence-corrected chi connectivity index (χ1v) is 10.6. The van der Waals surface area contributed by atoms with Gasteiger partial charge < -0.3 is 4.90 Å². The second-order valence-electron chi connectivity index (χ2n) is 7.12. The van der Waals surface area contributed by atoms with Crippen LogP contribution >= 0.6 is 22.9 Å². The number of hydrogen-bond acceptors (Lipinski definition) is 4. The van der Waals surface area contributed by atoms with E-state index in [2.05, 4.69) is 18.1 Å². The summed E-state index contributed by atoms with van der Waals surface area (Å²) < 4.78 is 2.51. The molecule has 3 rings (SSSR count). The highest BCUT2D eigenvalue weighted by Gasteiger charge is 2.19. The summed E-state index contributed by atoms with van der Waals surface area (Å²) in [7, 11) is 1.76. The largest absolute Gasteiger partial charge is 0.341 e. The molecule has 0 saturated carbocycles. The molecule has 152 valence electrons. The van der Waals surface area contributed by atoms with Gasteiger partial charge >= 0.3 is 0 Å². The summed E-state index contributed by atoms with van der Waals surface area (Å²) in [5.74, 6) is -0.119. The Bertz CT molecular complexity index is 1050. The molecule has 2 heterocycles. The Morgan fingerprint density at radius 3 is 2.48 bits per heavy atom. The third-order valence-electron chi connectivity index (χ3n) is 5.02. The normalized spacial score (nSPS) is 10.9. The van der Waals surface area contributed by atoms with Crippen molar-refractivity contribution in [1.29, 1.82) is 0 Å². The number of rotatable bonds is 7. The average molecular weight is 430 g/mol. The van der Waals surface area contributed by atoms with Gasteiger partial charge in [0, 0.05) is 37.7 Å². The first kappa shape index (κ1) is 21.3. The molecule has 3 aromatic rings. The van der Waals surface area contributed by atoms with Crippen LogP contribution in [0.1, 0.15) is 45.0 Å². The van der Waals surface area contributed by atoms with E-state index in [4.69, 9.17) is 11.6 Å². The third-order valence-corrected chi connectivity index (χ3v) is 6.29. The molecule has 5 nitrogen and oxygen atoms in total. The van der Waals surface area contributed by atoms with Crippen LogP contribution in [0.5, 0.6) is 0 Å². The molecule has 7 heteroatoms. The Morgan fingerprint density at radius 1 is 1.10 bits per heavy atom. The minimum atomic E-state index is -0.0663. The van der Waals surface area contributed by atoms with E-state index < -0.39 is 0 Å². The summed E-state index contributed by atoms with van der Waals surface area (Å²) in [5, 5.41) is 4.68. The van der Waals surface area contributed by atoms with Crippen LogP contribution in [0.25, 0.3) is 5.69 Å². The number of aromatic nitrogens is 2. The van der Waals surface area contributed by atoms with Gasteiger partial charge in [-0.1, -0.05) is 29.8 Å². The van der Waals surface area contributed by atoms with Gasteiger partial charge in [0.15, 0.2) is 5.78 Å².